The molecule has 182 valence electrons. The molecule has 1 aromatic heterocycles. The number of ether oxygens (including phenoxy) is 1. The lowest BCUT2D eigenvalue weighted by Gasteiger charge is -2.55. The van der Waals surface area contributed by atoms with Crippen molar-refractivity contribution >= 4 is 10.8 Å². The summed E-state index contributed by atoms with van der Waals surface area (Å²) in [6.07, 6.45) is 18.4. The van der Waals surface area contributed by atoms with Crippen LogP contribution in [-0.4, -0.2) is 51.4 Å². The first kappa shape index (κ1) is 21.1. The molecule has 0 radical (unpaired) electrons. The zero-order chi connectivity index (χ0) is 23.4. The zero-order valence-electron chi connectivity index (χ0n) is 20.7. The van der Waals surface area contributed by atoms with Crippen LogP contribution in [0.25, 0.3) is 10.8 Å². The van der Waals surface area contributed by atoms with E-state index in [1.165, 1.54) is 54.0 Å². The number of pyridine rings is 1. The molecule has 3 aliphatic heterocycles. The van der Waals surface area contributed by atoms with Crippen LogP contribution in [-0.2, 0) is 4.74 Å². The monoisotopic (exact) mass is 468 g/mol. The molecule has 6 atom stereocenters. The number of likely N-dealkylation sites (tertiary alicyclic amines) is 1. The van der Waals surface area contributed by atoms with Crippen LogP contribution in [0.15, 0.2) is 60.0 Å². The van der Waals surface area contributed by atoms with E-state index in [9.17, 15) is 5.11 Å². The van der Waals surface area contributed by atoms with Gasteiger partial charge in [-0.15, -0.1) is 0 Å². The van der Waals surface area contributed by atoms with Crippen LogP contribution in [0, 0.1) is 11.3 Å². The Morgan fingerprint density at radius 2 is 2.00 bits per heavy atom. The van der Waals surface area contributed by atoms with Gasteiger partial charge in [0.05, 0.1) is 17.3 Å². The summed E-state index contributed by atoms with van der Waals surface area (Å²) in [7, 11) is 0. The van der Waals surface area contributed by atoms with Gasteiger partial charge in [0.2, 0.25) is 0 Å². The van der Waals surface area contributed by atoms with E-state index in [1.54, 1.807) is 5.57 Å². The largest absolute Gasteiger partial charge is 0.390 e. The predicted octanol–water partition coefficient (Wildman–Crippen LogP) is 5.52. The van der Waals surface area contributed by atoms with Crippen LogP contribution >= 0.6 is 0 Å². The van der Waals surface area contributed by atoms with E-state index in [2.05, 4.69) is 53.2 Å². The average Bonchev–Trinajstić information content (AvgIpc) is 3.36. The van der Waals surface area contributed by atoms with Crippen molar-refractivity contribution in [1.82, 2.24) is 9.88 Å². The molecule has 1 unspecified atom stereocenters. The molecule has 2 aromatic rings. The third-order valence-corrected chi connectivity index (χ3v) is 11.1. The van der Waals surface area contributed by atoms with Gasteiger partial charge in [-0.1, -0.05) is 31.2 Å². The molecule has 2 saturated heterocycles. The highest BCUT2D eigenvalue weighted by atomic mass is 16.5. The van der Waals surface area contributed by atoms with E-state index < -0.39 is 0 Å². The van der Waals surface area contributed by atoms with E-state index in [0.717, 1.165) is 32.4 Å². The summed E-state index contributed by atoms with van der Waals surface area (Å²) in [6, 6.07) is 9.75. The van der Waals surface area contributed by atoms with Crippen molar-refractivity contribution in [3.05, 3.63) is 65.5 Å². The Balaban J connectivity index is 1.14. The molecule has 4 heterocycles. The quantitative estimate of drug-likeness (QED) is 0.630. The second kappa shape index (κ2) is 7.06. The molecule has 35 heavy (non-hydrogen) atoms. The van der Waals surface area contributed by atoms with Crippen molar-refractivity contribution in [2.24, 2.45) is 11.3 Å². The summed E-state index contributed by atoms with van der Waals surface area (Å²) in [6.45, 7) is 4.25. The fourth-order valence-electron chi connectivity index (χ4n) is 9.35. The van der Waals surface area contributed by atoms with Gasteiger partial charge in [0, 0.05) is 36.9 Å². The first-order valence-electron chi connectivity index (χ1n) is 13.9. The number of allylic oxidation sites excluding steroid dienone is 1. The van der Waals surface area contributed by atoms with Gasteiger partial charge in [0.25, 0.3) is 0 Å². The Hall–Kier alpha value is -2.01. The summed E-state index contributed by atoms with van der Waals surface area (Å²) in [5, 5.41) is 12.4. The van der Waals surface area contributed by atoms with Gasteiger partial charge in [0.1, 0.15) is 0 Å². The molecule has 2 spiro atoms. The molecule has 4 heteroatoms. The molecular weight excluding hydrogens is 432 g/mol. The molecular formula is C31H36N2O2. The molecule has 2 saturated carbocycles. The van der Waals surface area contributed by atoms with Gasteiger partial charge in [-0.25, -0.2) is 0 Å². The normalized spacial score (nSPS) is 42.6. The fourth-order valence-corrected chi connectivity index (χ4v) is 9.35. The zero-order valence-corrected chi connectivity index (χ0v) is 20.7. The van der Waals surface area contributed by atoms with E-state index in [4.69, 9.17) is 4.74 Å². The first-order valence-corrected chi connectivity index (χ1v) is 13.9. The molecule has 2 bridgehead atoms. The number of hydrogen-bond donors (Lipinski definition) is 1. The molecule has 1 aromatic carbocycles. The third-order valence-electron chi connectivity index (χ3n) is 11.1. The highest BCUT2D eigenvalue weighted by molar-refractivity contribution is 5.82. The Morgan fingerprint density at radius 3 is 2.89 bits per heavy atom. The Kier molecular flexibility index (Phi) is 4.26. The number of aliphatic hydroxyl groups is 1. The lowest BCUT2D eigenvalue weighted by molar-refractivity contribution is -0.147. The first-order chi connectivity index (χ1) is 17.0. The number of hydrogen-bond acceptors (Lipinski definition) is 4. The van der Waals surface area contributed by atoms with Crippen LogP contribution in [0.4, 0.5) is 0 Å². The summed E-state index contributed by atoms with van der Waals surface area (Å²) in [5.74, 6) is 1.14. The second-order valence-electron chi connectivity index (χ2n) is 12.7. The summed E-state index contributed by atoms with van der Waals surface area (Å²) < 4.78 is 7.45. The Labute approximate surface area is 208 Å². The van der Waals surface area contributed by atoms with Gasteiger partial charge in [0.15, 0.2) is 0 Å². The van der Waals surface area contributed by atoms with E-state index >= 15 is 0 Å². The van der Waals surface area contributed by atoms with E-state index in [0.29, 0.717) is 17.9 Å². The number of benzene rings is 1. The summed E-state index contributed by atoms with van der Waals surface area (Å²) in [4.78, 5) is 6.88. The predicted molar refractivity (Wildman–Crippen MR) is 137 cm³/mol. The maximum atomic E-state index is 9.88. The third kappa shape index (κ3) is 2.77. The minimum Gasteiger partial charge on any atom is -0.390 e. The molecule has 8 rings (SSSR count). The van der Waals surface area contributed by atoms with Crippen molar-refractivity contribution in [2.75, 3.05) is 13.1 Å². The average molecular weight is 469 g/mol. The number of rotatable bonds is 2. The maximum absolute atomic E-state index is 9.88. The van der Waals surface area contributed by atoms with Crippen LogP contribution in [0.3, 0.4) is 0 Å². The molecule has 4 nitrogen and oxygen atoms in total. The topological polar surface area (TPSA) is 45.6 Å². The van der Waals surface area contributed by atoms with E-state index in [-0.39, 0.29) is 22.7 Å². The lowest BCUT2D eigenvalue weighted by Crippen LogP contribution is -2.60. The van der Waals surface area contributed by atoms with Crippen molar-refractivity contribution in [1.29, 1.82) is 0 Å². The smallest absolute Gasteiger partial charge is 0.0974 e. The number of aliphatic hydroxyl groups excluding tert-OH is 1. The van der Waals surface area contributed by atoms with E-state index in [1.807, 2.05) is 12.4 Å². The Bertz CT molecular complexity index is 1280. The number of aromatic nitrogens is 1. The summed E-state index contributed by atoms with van der Waals surface area (Å²) >= 11 is 0. The van der Waals surface area contributed by atoms with Gasteiger partial charge in [-0.3, -0.25) is 9.88 Å². The van der Waals surface area contributed by atoms with Gasteiger partial charge >= 0.3 is 0 Å². The number of fused-ring (bicyclic) bond motifs is 2. The van der Waals surface area contributed by atoms with Crippen LogP contribution < -0.4 is 0 Å². The number of nitrogens with zero attached hydrogens (tertiary/aromatic N) is 2. The highest BCUT2D eigenvalue weighted by Crippen LogP contribution is 2.69. The van der Waals surface area contributed by atoms with Crippen molar-refractivity contribution in [3.63, 3.8) is 0 Å². The van der Waals surface area contributed by atoms with Gasteiger partial charge in [-0.05, 0) is 103 Å². The second-order valence-corrected chi connectivity index (χ2v) is 12.7. The standard InChI is InChI=1S/C31H36N2O2/c1-29-10-8-24-15-23-4-5-25(33-18-26(34)19-33)16-30(23)11-12-31(24,35-30)28(29)7-6-27(29)21-3-2-20-9-13-32-17-22(20)14-21/h2-3,8-9,13-15,17,25-28,34H,4-7,10-12,16,18-19H2,1H3/t25-,27+,28+,29+,30+,31?/m0/s1. The molecule has 1 N–H and O–H groups in total. The molecule has 3 aliphatic carbocycles. The van der Waals surface area contributed by atoms with Crippen LogP contribution in [0.1, 0.15) is 69.8 Å². The number of β-amino-alcohol motifs (C(OH)–C–C–N with tert-alkyl or cyclic N) is 1. The maximum Gasteiger partial charge on any atom is 0.0974 e. The van der Waals surface area contributed by atoms with Crippen LogP contribution in [0.2, 0.25) is 0 Å². The minimum atomic E-state index is -0.124. The SMILES string of the molecule is C[C@]12CC=C3C=C4CC[C@H](N5CC(O)C5)C[C@]45CCC3(O5)[C@@H]1CC[C@@H]2c1ccc2ccncc2c1. The van der Waals surface area contributed by atoms with Crippen molar-refractivity contribution in [3.8, 4) is 0 Å². The lowest BCUT2D eigenvalue weighted by atomic mass is 9.58. The van der Waals surface area contributed by atoms with Gasteiger partial charge < -0.3 is 9.84 Å². The minimum absolute atomic E-state index is 0.0637. The highest BCUT2D eigenvalue weighted by Gasteiger charge is 2.66. The van der Waals surface area contributed by atoms with Gasteiger partial charge in [-0.2, -0.15) is 0 Å². The molecule has 4 fully saturated rings. The molecule has 6 aliphatic rings. The molecule has 0 amide bonds. The van der Waals surface area contributed by atoms with Crippen LogP contribution in [0.5, 0.6) is 0 Å². The van der Waals surface area contributed by atoms with Crippen molar-refractivity contribution < 1.29 is 9.84 Å². The summed E-state index contributed by atoms with van der Waals surface area (Å²) in [5.41, 5.74) is 4.62. The Morgan fingerprint density at radius 1 is 1.09 bits per heavy atom. The van der Waals surface area contributed by atoms with Crippen molar-refractivity contribution in [2.45, 2.75) is 87.6 Å². The fraction of sp³-hybridized carbons (Fsp3) is 0.581.